The van der Waals surface area contributed by atoms with Gasteiger partial charge in [-0.1, -0.05) is 46.3 Å². The van der Waals surface area contributed by atoms with Crippen LogP contribution >= 0.6 is 15.9 Å². The van der Waals surface area contributed by atoms with Gasteiger partial charge in [0.05, 0.1) is 5.33 Å². The molecule has 1 rings (SSSR count). The van der Waals surface area contributed by atoms with Crippen LogP contribution in [0.3, 0.4) is 0 Å². The summed E-state index contributed by atoms with van der Waals surface area (Å²) in [6.45, 7) is -0.176. The molecule has 0 saturated carbocycles. The van der Waals surface area contributed by atoms with Crippen LogP contribution < -0.4 is 16.8 Å². The van der Waals surface area contributed by atoms with Crippen LogP contribution in [0.25, 0.3) is 0 Å². The van der Waals surface area contributed by atoms with Crippen LogP contribution in [-0.4, -0.2) is 51.6 Å². The zero-order valence-corrected chi connectivity index (χ0v) is 17.7. The number of Topliss-reactive ketones (excluding diaryl/α,β-unsaturated/α-hetero) is 1. The number of esters is 1. The summed E-state index contributed by atoms with van der Waals surface area (Å²) in [7, 11) is 0. The van der Waals surface area contributed by atoms with Crippen LogP contribution in [0, 0.1) is 0 Å². The Kier molecular flexibility index (Phi) is 10.1. The lowest BCUT2D eigenvalue weighted by Gasteiger charge is -2.27. The van der Waals surface area contributed by atoms with Crippen molar-refractivity contribution in [1.29, 1.82) is 0 Å². The van der Waals surface area contributed by atoms with Crippen molar-refractivity contribution in [3.8, 4) is 0 Å². The monoisotopic (exact) mass is 485 g/mol. The van der Waals surface area contributed by atoms with E-state index in [0.29, 0.717) is 5.56 Å². The van der Waals surface area contributed by atoms with E-state index in [4.69, 9.17) is 16.2 Å². The van der Waals surface area contributed by atoms with Gasteiger partial charge in [-0.05, 0) is 18.4 Å². The van der Waals surface area contributed by atoms with Crippen LogP contribution in [0.15, 0.2) is 30.3 Å². The number of primary amides is 1. The maximum Gasteiger partial charge on any atom is 0.336 e. The fourth-order valence-corrected chi connectivity index (χ4v) is 2.68. The number of ketones is 1. The van der Waals surface area contributed by atoms with Crippen molar-refractivity contribution in [1.82, 2.24) is 5.32 Å². The van der Waals surface area contributed by atoms with E-state index >= 15 is 0 Å². The third-order valence-corrected chi connectivity index (χ3v) is 4.84. The van der Waals surface area contributed by atoms with Gasteiger partial charge in [-0.3, -0.25) is 14.4 Å². The van der Waals surface area contributed by atoms with Gasteiger partial charge in [0.25, 0.3) is 5.91 Å². The van der Waals surface area contributed by atoms with Crippen LogP contribution in [-0.2, 0) is 35.3 Å². The Bertz CT molecular complexity index is 788. The maximum absolute atomic E-state index is 12.7. The lowest BCUT2D eigenvalue weighted by atomic mass is 9.92. The Hall–Kier alpha value is -2.79. The first kappa shape index (κ1) is 25.2. The number of halogens is 1. The van der Waals surface area contributed by atoms with Gasteiger partial charge in [-0.2, -0.15) is 0 Å². The molecule has 1 aromatic carbocycles. The van der Waals surface area contributed by atoms with Gasteiger partial charge in [-0.25, -0.2) is 9.59 Å². The van der Waals surface area contributed by atoms with Gasteiger partial charge in [0.1, 0.15) is 18.4 Å². The van der Waals surface area contributed by atoms with E-state index in [1.807, 2.05) is 0 Å². The zero-order chi connectivity index (χ0) is 22.7. The molecule has 0 aromatic heterocycles. The minimum absolute atomic E-state index is 0.0402. The molecule has 6 N–H and O–H groups in total. The van der Waals surface area contributed by atoms with Crippen molar-refractivity contribution in [2.24, 2.45) is 11.5 Å². The molecule has 0 radical (unpaired) electrons. The summed E-state index contributed by atoms with van der Waals surface area (Å²) in [5.74, 6) is -4.73. The van der Waals surface area contributed by atoms with Crippen molar-refractivity contribution >= 4 is 45.5 Å². The average molecular weight is 486 g/mol. The fraction of sp³-hybridized carbons (Fsp3) is 0.421. The number of carbonyl (C=O) groups excluding carboxylic acids is 4. The third-order valence-electron chi connectivity index (χ3n) is 4.21. The summed E-state index contributed by atoms with van der Waals surface area (Å²) in [5, 5.41) is 11.5. The van der Waals surface area contributed by atoms with Gasteiger partial charge in [0, 0.05) is 12.8 Å². The van der Waals surface area contributed by atoms with E-state index in [1.165, 1.54) is 0 Å². The molecule has 11 heteroatoms. The van der Waals surface area contributed by atoms with Crippen LogP contribution in [0.5, 0.6) is 0 Å². The minimum Gasteiger partial charge on any atom is -0.480 e. The molecule has 0 saturated heterocycles. The van der Waals surface area contributed by atoms with Gasteiger partial charge >= 0.3 is 11.9 Å². The number of aliphatic carboxylic acids is 1. The van der Waals surface area contributed by atoms with E-state index < -0.39 is 48.2 Å². The van der Waals surface area contributed by atoms with Crippen molar-refractivity contribution in [2.45, 2.75) is 43.9 Å². The highest BCUT2D eigenvalue weighted by atomic mass is 79.9. The number of carboxylic acid groups (broad SMARTS) is 1. The van der Waals surface area contributed by atoms with Crippen LogP contribution in [0.1, 0.15) is 31.2 Å². The minimum atomic E-state index is -2.34. The molecule has 0 heterocycles. The molecule has 0 aliphatic heterocycles. The number of carbonyl (C=O) groups is 5. The fourth-order valence-electron chi connectivity index (χ4n) is 2.40. The number of carboxylic acids is 1. The Morgan fingerprint density at radius 2 is 1.77 bits per heavy atom. The molecule has 2 amide bonds. The van der Waals surface area contributed by atoms with Crippen LogP contribution in [0.4, 0.5) is 0 Å². The SMILES string of the molecule is NC(=O)CC[C@](N)(C(=O)N[C@@H](CCC(=O)CBr)C(=O)O)C(=O)OCc1ccccc1. The number of nitrogens with one attached hydrogen (secondary N) is 1. The highest BCUT2D eigenvalue weighted by Crippen LogP contribution is 2.16. The largest absolute Gasteiger partial charge is 0.480 e. The highest BCUT2D eigenvalue weighted by Gasteiger charge is 2.45. The molecule has 10 nitrogen and oxygen atoms in total. The standard InChI is InChI=1S/C19H24BrN3O7/c20-10-13(24)6-7-14(16(26)27)23-17(28)19(22,9-8-15(21)25)18(29)30-11-12-4-2-1-3-5-12/h1-5,14H,6-11,22H2,(H2,21,25)(H,23,28)(H,26,27)/t14-,19-/m0/s1. The van der Waals surface area contributed by atoms with Gasteiger partial charge in [-0.15, -0.1) is 0 Å². The van der Waals surface area contributed by atoms with E-state index in [0.717, 1.165) is 0 Å². The molecule has 2 atom stereocenters. The predicted octanol–water partition coefficient (Wildman–Crippen LogP) is 0.00640. The normalized spacial score (nSPS) is 13.5. The van der Waals surface area contributed by atoms with Crippen molar-refractivity contribution in [3.63, 3.8) is 0 Å². The molecule has 0 fully saturated rings. The second-order valence-electron chi connectivity index (χ2n) is 6.57. The molecule has 0 aliphatic rings. The quantitative estimate of drug-likeness (QED) is 0.171. The first-order chi connectivity index (χ1) is 14.1. The van der Waals surface area contributed by atoms with E-state index in [-0.39, 0.29) is 30.6 Å². The number of amides is 2. The lowest BCUT2D eigenvalue weighted by molar-refractivity contribution is -0.157. The molecule has 0 unspecified atom stereocenters. The number of nitrogens with two attached hydrogens (primary N) is 2. The number of alkyl halides is 1. The van der Waals surface area contributed by atoms with Crippen molar-refractivity contribution in [3.05, 3.63) is 35.9 Å². The predicted molar refractivity (Wildman–Crippen MR) is 109 cm³/mol. The summed E-state index contributed by atoms with van der Waals surface area (Å²) in [4.78, 5) is 59.3. The molecule has 0 bridgehead atoms. The molecule has 30 heavy (non-hydrogen) atoms. The number of rotatable bonds is 13. The third kappa shape index (κ3) is 7.91. The van der Waals surface area contributed by atoms with E-state index in [1.54, 1.807) is 30.3 Å². The number of benzene rings is 1. The highest BCUT2D eigenvalue weighted by molar-refractivity contribution is 9.09. The first-order valence-corrected chi connectivity index (χ1v) is 10.1. The van der Waals surface area contributed by atoms with Gasteiger partial charge < -0.3 is 26.6 Å². The molecule has 0 spiro atoms. The Morgan fingerprint density at radius 3 is 2.30 bits per heavy atom. The van der Waals surface area contributed by atoms with E-state index in [9.17, 15) is 29.1 Å². The second-order valence-corrected chi connectivity index (χ2v) is 7.14. The Balaban J connectivity index is 2.94. The summed E-state index contributed by atoms with van der Waals surface area (Å²) in [5.41, 5.74) is 9.37. The Labute approximate surface area is 181 Å². The second kappa shape index (κ2) is 12.0. The molecular weight excluding hydrogens is 462 g/mol. The smallest absolute Gasteiger partial charge is 0.336 e. The average Bonchev–Trinajstić information content (AvgIpc) is 2.72. The van der Waals surface area contributed by atoms with Crippen molar-refractivity contribution < 1.29 is 33.8 Å². The number of hydrogen-bond donors (Lipinski definition) is 4. The number of ether oxygens (including phenoxy) is 1. The topological polar surface area (TPSA) is 179 Å². The van der Waals surface area contributed by atoms with E-state index in [2.05, 4.69) is 21.2 Å². The summed E-state index contributed by atoms with van der Waals surface area (Å²) >= 11 is 2.96. The summed E-state index contributed by atoms with van der Waals surface area (Å²) in [6.07, 6.45) is -1.19. The number of hydrogen-bond acceptors (Lipinski definition) is 7. The van der Waals surface area contributed by atoms with Crippen molar-refractivity contribution in [2.75, 3.05) is 5.33 Å². The molecule has 164 valence electrons. The van der Waals surface area contributed by atoms with Gasteiger partial charge in [0.15, 0.2) is 5.54 Å². The summed E-state index contributed by atoms with van der Waals surface area (Å²) in [6, 6.07) is 7.14. The maximum atomic E-state index is 12.7. The van der Waals surface area contributed by atoms with Gasteiger partial charge in [0.2, 0.25) is 5.91 Å². The lowest BCUT2D eigenvalue weighted by Crippen LogP contribution is -2.62. The zero-order valence-electron chi connectivity index (χ0n) is 16.1. The Morgan fingerprint density at radius 1 is 1.13 bits per heavy atom. The molecule has 0 aliphatic carbocycles. The molecular formula is C19H24BrN3O7. The first-order valence-electron chi connectivity index (χ1n) is 9.00. The molecule has 1 aromatic rings. The van der Waals surface area contributed by atoms with Crippen LogP contribution in [0.2, 0.25) is 0 Å². The summed E-state index contributed by atoms with van der Waals surface area (Å²) < 4.78 is 5.12.